The summed E-state index contributed by atoms with van der Waals surface area (Å²) < 4.78 is 11.0. The Morgan fingerprint density at radius 3 is 2.87 bits per heavy atom. The van der Waals surface area contributed by atoms with Gasteiger partial charge in [-0.2, -0.15) is 0 Å². The maximum absolute atomic E-state index is 5.60. The molecule has 164 valence electrons. The fourth-order valence-corrected chi connectivity index (χ4v) is 4.51. The summed E-state index contributed by atoms with van der Waals surface area (Å²) in [4.78, 5) is 12.5. The van der Waals surface area contributed by atoms with Crippen molar-refractivity contribution >= 4 is 17.3 Å². The van der Waals surface area contributed by atoms with Crippen molar-refractivity contribution in [1.82, 2.24) is 20.5 Å². The molecule has 0 amide bonds. The van der Waals surface area contributed by atoms with Crippen LogP contribution in [0.25, 0.3) is 10.8 Å². The molecule has 0 saturated carbocycles. The van der Waals surface area contributed by atoms with E-state index in [0.717, 1.165) is 41.9 Å². The lowest BCUT2D eigenvalue weighted by atomic mass is 10.1. The molecule has 0 aliphatic carbocycles. The number of hydrogen-bond acceptors (Lipinski definition) is 6. The number of guanidine groups is 1. The van der Waals surface area contributed by atoms with Gasteiger partial charge in [-0.15, -0.1) is 11.3 Å². The topological polar surface area (TPSA) is 74.9 Å². The first-order valence-corrected chi connectivity index (χ1v) is 11.5. The number of benzene rings is 1. The third-order valence-electron chi connectivity index (χ3n) is 5.47. The number of hydrogen-bond donors (Lipinski definition) is 2. The minimum absolute atomic E-state index is 0.258. The zero-order chi connectivity index (χ0) is 21.5. The van der Waals surface area contributed by atoms with E-state index in [2.05, 4.69) is 43.7 Å². The third-order valence-corrected chi connectivity index (χ3v) is 6.32. The Balaban J connectivity index is 1.37. The molecule has 1 saturated heterocycles. The fourth-order valence-electron chi connectivity index (χ4n) is 3.85. The number of nitrogens with zero attached hydrogens (tertiary/aromatic N) is 3. The van der Waals surface area contributed by atoms with Crippen LogP contribution in [0, 0.1) is 0 Å². The number of ether oxygens (including phenoxy) is 1. The van der Waals surface area contributed by atoms with E-state index in [4.69, 9.17) is 9.15 Å². The van der Waals surface area contributed by atoms with E-state index in [9.17, 15) is 0 Å². The Bertz CT molecular complexity index is 980. The van der Waals surface area contributed by atoms with Gasteiger partial charge in [0.1, 0.15) is 12.0 Å². The quantitative estimate of drug-likeness (QED) is 0.409. The lowest BCUT2D eigenvalue weighted by molar-refractivity contribution is 0.245. The molecule has 4 rings (SSSR count). The van der Waals surface area contributed by atoms with Crippen molar-refractivity contribution in [2.45, 2.75) is 25.4 Å². The molecule has 0 bridgehead atoms. The van der Waals surface area contributed by atoms with Crippen LogP contribution >= 0.6 is 11.3 Å². The normalized spacial score (nSPS) is 15.7. The highest BCUT2D eigenvalue weighted by atomic mass is 32.1. The van der Waals surface area contributed by atoms with Gasteiger partial charge in [0, 0.05) is 13.6 Å². The van der Waals surface area contributed by atoms with Crippen LogP contribution in [-0.4, -0.2) is 49.6 Å². The number of nitrogens with one attached hydrogen (secondary N) is 2. The minimum atomic E-state index is 0.258. The molecule has 1 aromatic carbocycles. The summed E-state index contributed by atoms with van der Waals surface area (Å²) in [6, 6.07) is 12.6. The predicted molar refractivity (Wildman–Crippen MR) is 125 cm³/mol. The number of thiophene rings is 1. The van der Waals surface area contributed by atoms with E-state index in [1.807, 2.05) is 23.6 Å². The maximum Gasteiger partial charge on any atom is 0.236 e. The average Bonchev–Trinajstić information content (AvgIpc) is 3.58. The second-order valence-corrected chi connectivity index (χ2v) is 8.41. The molecule has 0 spiro atoms. The molecule has 1 atom stereocenters. The maximum atomic E-state index is 5.60. The van der Waals surface area contributed by atoms with Crippen molar-refractivity contribution < 1.29 is 9.15 Å². The van der Waals surface area contributed by atoms with E-state index in [1.54, 1.807) is 31.8 Å². The van der Waals surface area contributed by atoms with Crippen LogP contribution in [0.2, 0.25) is 0 Å². The molecule has 3 heterocycles. The number of rotatable bonds is 8. The first-order chi connectivity index (χ1) is 15.3. The molecule has 1 aliphatic rings. The van der Waals surface area contributed by atoms with Crippen LogP contribution in [0.3, 0.4) is 0 Å². The van der Waals surface area contributed by atoms with Crippen molar-refractivity contribution in [1.29, 1.82) is 0 Å². The van der Waals surface area contributed by atoms with Crippen LogP contribution < -0.4 is 15.4 Å². The highest BCUT2D eigenvalue weighted by Crippen LogP contribution is 2.27. The third kappa shape index (κ3) is 5.45. The summed E-state index contributed by atoms with van der Waals surface area (Å²) in [6.45, 7) is 3.52. The van der Waals surface area contributed by atoms with Gasteiger partial charge in [-0.25, -0.2) is 4.98 Å². The molecular formula is C23H29N5O2S. The summed E-state index contributed by atoms with van der Waals surface area (Å²) in [7, 11) is 3.49. The molecule has 1 aliphatic heterocycles. The summed E-state index contributed by atoms with van der Waals surface area (Å²) in [6.07, 6.45) is 4.18. The van der Waals surface area contributed by atoms with Crippen LogP contribution in [0.1, 0.15) is 30.1 Å². The Hall–Kier alpha value is -2.84. The molecule has 1 unspecified atom stereocenters. The van der Waals surface area contributed by atoms with E-state index in [1.165, 1.54) is 18.4 Å². The Kier molecular flexibility index (Phi) is 7.22. The molecule has 2 aromatic heterocycles. The Morgan fingerprint density at radius 2 is 2.13 bits per heavy atom. The highest BCUT2D eigenvalue weighted by molar-refractivity contribution is 7.13. The van der Waals surface area contributed by atoms with E-state index in [0.29, 0.717) is 12.4 Å². The SMILES string of the molecule is CN=C(NCc1coc(-c2cccs2)n1)NCC(c1cccc(OC)c1)N1CCCC1. The zero-order valence-electron chi connectivity index (χ0n) is 18.0. The van der Waals surface area contributed by atoms with Gasteiger partial charge in [0.05, 0.1) is 30.3 Å². The molecule has 31 heavy (non-hydrogen) atoms. The van der Waals surface area contributed by atoms with Crippen LogP contribution in [0.4, 0.5) is 0 Å². The van der Waals surface area contributed by atoms with E-state index >= 15 is 0 Å². The summed E-state index contributed by atoms with van der Waals surface area (Å²) in [5.41, 5.74) is 2.09. The minimum Gasteiger partial charge on any atom is -0.497 e. The van der Waals surface area contributed by atoms with E-state index in [-0.39, 0.29) is 6.04 Å². The van der Waals surface area contributed by atoms with Crippen molar-refractivity contribution in [3.05, 3.63) is 59.3 Å². The standard InChI is InChI=1S/C23H29N5O2S/c1-24-23(25-14-18-16-30-22(27-18)21-9-6-12-31-21)26-15-20(28-10-3-4-11-28)17-7-5-8-19(13-17)29-2/h5-9,12-13,16,20H,3-4,10-11,14-15H2,1-2H3,(H2,24,25,26). The first kappa shape index (κ1) is 21.4. The van der Waals surface area contributed by atoms with Gasteiger partial charge in [-0.05, 0) is 55.1 Å². The van der Waals surface area contributed by atoms with E-state index < -0.39 is 0 Å². The van der Waals surface area contributed by atoms with Crippen molar-refractivity contribution in [3.63, 3.8) is 0 Å². The Labute approximate surface area is 187 Å². The van der Waals surface area contributed by atoms with Crippen LogP contribution in [0.5, 0.6) is 5.75 Å². The Morgan fingerprint density at radius 1 is 1.26 bits per heavy atom. The number of aromatic nitrogens is 1. The van der Waals surface area contributed by atoms with Gasteiger partial charge in [-0.1, -0.05) is 18.2 Å². The lowest BCUT2D eigenvalue weighted by Crippen LogP contribution is -2.42. The molecule has 8 heteroatoms. The van der Waals surface area contributed by atoms with Gasteiger partial charge in [0.25, 0.3) is 0 Å². The second-order valence-electron chi connectivity index (χ2n) is 7.46. The first-order valence-electron chi connectivity index (χ1n) is 10.6. The van der Waals surface area contributed by atoms with Gasteiger partial charge in [-0.3, -0.25) is 9.89 Å². The smallest absolute Gasteiger partial charge is 0.236 e. The average molecular weight is 440 g/mol. The highest BCUT2D eigenvalue weighted by Gasteiger charge is 2.24. The fraction of sp³-hybridized carbons (Fsp3) is 0.391. The monoisotopic (exact) mass is 439 g/mol. The summed E-state index contributed by atoms with van der Waals surface area (Å²) >= 11 is 1.62. The second kappa shape index (κ2) is 10.5. The largest absolute Gasteiger partial charge is 0.497 e. The summed E-state index contributed by atoms with van der Waals surface area (Å²) in [5.74, 6) is 2.28. The number of methoxy groups -OCH3 is 1. The molecule has 0 radical (unpaired) electrons. The molecule has 2 N–H and O–H groups in total. The number of aliphatic imine (C=N–C) groups is 1. The number of likely N-dealkylation sites (tertiary alicyclic amines) is 1. The zero-order valence-corrected chi connectivity index (χ0v) is 18.8. The van der Waals surface area contributed by atoms with Gasteiger partial charge >= 0.3 is 0 Å². The molecular weight excluding hydrogens is 410 g/mol. The van der Waals surface area contributed by atoms with Crippen molar-refractivity contribution in [3.8, 4) is 16.5 Å². The van der Waals surface area contributed by atoms with Gasteiger partial charge in [0.15, 0.2) is 5.96 Å². The molecule has 1 fully saturated rings. The molecule has 7 nitrogen and oxygen atoms in total. The van der Waals surface area contributed by atoms with Gasteiger partial charge < -0.3 is 19.8 Å². The summed E-state index contributed by atoms with van der Waals surface area (Å²) in [5, 5.41) is 8.84. The van der Waals surface area contributed by atoms with Crippen molar-refractivity contribution in [2.75, 3.05) is 33.8 Å². The molecule has 3 aromatic rings. The lowest BCUT2D eigenvalue weighted by Gasteiger charge is -2.29. The van der Waals surface area contributed by atoms with Crippen molar-refractivity contribution in [2.24, 2.45) is 4.99 Å². The van der Waals surface area contributed by atoms with Crippen LogP contribution in [0.15, 0.2) is 57.5 Å². The number of oxazole rings is 1. The van der Waals surface area contributed by atoms with Gasteiger partial charge in [0.2, 0.25) is 5.89 Å². The van der Waals surface area contributed by atoms with Crippen LogP contribution in [-0.2, 0) is 6.54 Å². The predicted octanol–water partition coefficient (Wildman–Crippen LogP) is 3.91.